The highest BCUT2D eigenvalue weighted by Gasteiger charge is 2.17. The number of benzene rings is 3. The smallest absolute Gasteiger partial charge is 0.269 e. The summed E-state index contributed by atoms with van der Waals surface area (Å²) in [5, 5.41) is 30.5. The van der Waals surface area contributed by atoms with Gasteiger partial charge in [-0.05, 0) is 30.2 Å². The van der Waals surface area contributed by atoms with Crippen LogP contribution in [0.1, 0.15) is 22.8 Å². The first-order chi connectivity index (χ1) is 14.4. The number of rotatable bonds is 6. The van der Waals surface area contributed by atoms with Crippen molar-refractivity contribution in [2.45, 2.75) is 26.1 Å². The Labute approximate surface area is 173 Å². The van der Waals surface area contributed by atoms with Crippen molar-refractivity contribution >= 4 is 16.7 Å². The van der Waals surface area contributed by atoms with E-state index in [1.165, 1.54) is 17.7 Å². The van der Waals surface area contributed by atoms with E-state index in [4.69, 9.17) is 5.41 Å². The van der Waals surface area contributed by atoms with E-state index in [0.29, 0.717) is 12.1 Å². The summed E-state index contributed by atoms with van der Waals surface area (Å²) < 4.78 is 3.65. The van der Waals surface area contributed by atoms with Gasteiger partial charge in [0, 0.05) is 12.1 Å². The van der Waals surface area contributed by atoms with Crippen molar-refractivity contribution in [1.82, 2.24) is 9.13 Å². The van der Waals surface area contributed by atoms with Crippen molar-refractivity contribution in [2.75, 3.05) is 0 Å². The van der Waals surface area contributed by atoms with Crippen LogP contribution in [0.5, 0.6) is 0 Å². The number of nitrogens with zero attached hydrogens (tertiary/aromatic N) is 3. The van der Waals surface area contributed by atoms with E-state index < -0.39 is 11.0 Å². The zero-order chi connectivity index (χ0) is 21.3. The summed E-state index contributed by atoms with van der Waals surface area (Å²) in [6.45, 7) is 2.70. The van der Waals surface area contributed by atoms with Crippen molar-refractivity contribution in [3.63, 3.8) is 0 Å². The number of aryl methyl sites for hydroxylation is 1. The van der Waals surface area contributed by atoms with Crippen LogP contribution in [0.25, 0.3) is 11.0 Å². The molecule has 4 rings (SSSR count). The third-order valence-corrected chi connectivity index (χ3v) is 5.26. The molecular formula is C23H22N4O3. The predicted octanol–water partition coefficient (Wildman–Crippen LogP) is 3.92. The van der Waals surface area contributed by atoms with Gasteiger partial charge in [-0.3, -0.25) is 15.5 Å². The number of hydrogen-bond acceptors (Lipinski definition) is 4. The Kier molecular flexibility index (Phi) is 5.20. The van der Waals surface area contributed by atoms with Gasteiger partial charge in [-0.25, -0.2) is 0 Å². The number of para-hydroxylation sites is 2. The van der Waals surface area contributed by atoms with Gasteiger partial charge < -0.3 is 14.2 Å². The van der Waals surface area contributed by atoms with Crippen LogP contribution >= 0.6 is 0 Å². The molecule has 152 valence electrons. The maximum atomic E-state index is 11.0. The van der Waals surface area contributed by atoms with Gasteiger partial charge in [-0.15, -0.1) is 0 Å². The van der Waals surface area contributed by atoms with Crippen LogP contribution in [0.4, 0.5) is 5.69 Å². The summed E-state index contributed by atoms with van der Waals surface area (Å²) >= 11 is 0. The summed E-state index contributed by atoms with van der Waals surface area (Å²) in [7, 11) is 0. The fourth-order valence-corrected chi connectivity index (χ4v) is 3.64. The van der Waals surface area contributed by atoms with E-state index in [9.17, 15) is 15.2 Å². The second kappa shape index (κ2) is 7.96. The van der Waals surface area contributed by atoms with E-state index in [0.717, 1.165) is 16.6 Å². The zero-order valence-electron chi connectivity index (χ0n) is 16.5. The van der Waals surface area contributed by atoms with Gasteiger partial charge in [0.2, 0.25) is 5.62 Å². The van der Waals surface area contributed by atoms with Crippen molar-refractivity contribution in [1.29, 1.82) is 5.41 Å². The maximum Gasteiger partial charge on any atom is 0.269 e. The van der Waals surface area contributed by atoms with Crippen LogP contribution in [0.3, 0.4) is 0 Å². The fraction of sp³-hybridized carbons (Fsp3) is 0.174. The number of aliphatic hydroxyl groups excluding tert-OH is 1. The lowest BCUT2D eigenvalue weighted by Gasteiger charge is -2.12. The molecule has 1 unspecified atom stereocenters. The number of non-ortho nitro benzene ring substituents is 1. The Balaban J connectivity index is 1.72. The average molecular weight is 402 g/mol. The molecule has 0 aliphatic carbocycles. The maximum absolute atomic E-state index is 11.0. The normalized spacial score (nSPS) is 12.2. The minimum atomic E-state index is -0.974. The zero-order valence-corrected chi connectivity index (χ0v) is 16.5. The lowest BCUT2D eigenvalue weighted by Crippen LogP contribution is -2.27. The van der Waals surface area contributed by atoms with Gasteiger partial charge >= 0.3 is 0 Å². The van der Waals surface area contributed by atoms with E-state index >= 15 is 0 Å². The molecule has 2 N–H and O–H groups in total. The number of hydrogen-bond donors (Lipinski definition) is 2. The minimum Gasteiger partial charge on any atom is -0.387 e. The van der Waals surface area contributed by atoms with Crippen molar-refractivity contribution in [3.8, 4) is 0 Å². The highest BCUT2D eigenvalue weighted by Crippen LogP contribution is 2.22. The number of aliphatic hydroxyl groups is 1. The predicted molar refractivity (Wildman–Crippen MR) is 114 cm³/mol. The molecule has 0 saturated carbocycles. The van der Waals surface area contributed by atoms with Crippen molar-refractivity contribution in [2.24, 2.45) is 0 Å². The molecule has 0 fully saturated rings. The largest absolute Gasteiger partial charge is 0.387 e. The molecule has 0 aliphatic rings. The first-order valence-corrected chi connectivity index (χ1v) is 9.64. The number of fused-ring (bicyclic) bond motifs is 1. The molecule has 1 atom stereocenters. The molecule has 1 heterocycles. The second-order valence-electron chi connectivity index (χ2n) is 7.36. The number of nitro groups is 1. The summed E-state index contributed by atoms with van der Waals surface area (Å²) in [6, 6.07) is 21.9. The van der Waals surface area contributed by atoms with Crippen LogP contribution in [-0.4, -0.2) is 19.2 Å². The third kappa shape index (κ3) is 3.75. The molecular weight excluding hydrogens is 380 g/mol. The standard InChI is InChI=1S/C23H22N4O3/c1-16-9-11-17(12-10-16)14-25-20-7-2-3-8-21(20)26(23(25)24)15-22(28)18-5-4-6-19(13-18)27(29)30/h2-13,22,24,28H,14-15H2,1H3. The van der Waals surface area contributed by atoms with Gasteiger partial charge in [0.05, 0.1) is 35.2 Å². The summed E-state index contributed by atoms with van der Waals surface area (Å²) in [6.07, 6.45) is -0.974. The first-order valence-electron chi connectivity index (χ1n) is 9.64. The number of imidazole rings is 1. The molecule has 30 heavy (non-hydrogen) atoms. The monoisotopic (exact) mass is 402 g/mol. The molecule has 0 radical (unpaired) electrons. The number of nitro benzene ring substituents is 1. The van der Waals surface area contributed by atoms with Crippen LogP contribution in [0.2, 0.25) is 0 Å². The van der Waals surface area contributed by atoms with E-state index in [1.54, 1.807) is 16.7 Å². The SMILES string of the molecule is Cc1ccc(Cn2c(=N)n(CC(O)c3cccc([N+](=O)[O-])c3)c3ccccc32)cc1. The van der Waals surface area contributed by atoms with Crippen LogP contribution in [0, 0.1) is 22.4 Å². The molecule has 7 heteroatoms. The highest BCUT2D eigenvalue weighted by atomic mass is 16.6. The van der Waals surface area contributed by atoms with Crippen molar-refractivity contribution < 1.29 is 10.0 Å². The molecule has 0 aliphatic heterocycles. The molecule has 0 bridgehead atoms. The summed E-state index contributed by atoms with van der Waals surface area (Å²) in [5.74, 6) is 0. The average Bonchev–Trinajstić information content (AvgIpc) is 3.01. The Bertz CT molecular complexity index is 1270. The first kappa shape index (κ1) is 19.6. The van der Waals surface area contributed by atoms with E-state index in [-0.39, 0.29) is 17.9 Å². The highest BCUT2D eigenvalue weighted by molar-refractivity contribution is 5.76. The molecule has 7 nitrogen and oxygen atoms in total. The molecule has 4 aromatic rings. The molecule has 0 spiro atoms. The molecule has 0 saturated heterocycles. The summed E-state index contributed by atoms with van der Waals surface area (Å²) in [4.78, 5) is 10.6. The third-order valence-electron chi connectivity index (χ3n) is 5.26. The Morgan fingerprint density at radius 3 is 2.33 bits per heavy atom. The molecule has 3 aromatic carbocycles. The second-order valence-corrected chi connectivity index (χ2v) is 7.36. The topological polar surface area (TPSA) is 97.1 Å². The Morgan fingerprint density at radius 2 is 1.67 bits per heavy atom. The minimum absolute atomic E-state index is 0.0653. The van der Waals surface area contributed by atoms with Crippen molar-refractivity contribution in [3.05, 3.63) is 105 Å². The number of nitrogens with one attached hydrogen (secondary N) is 1. The van der Waals surface area contributed by atoms with Gasteiger partial charge in [-0.1, -0.05) is 54.1 Å². The Hall–Kier alpha value is -3.71. The van der Waals surface area contributed by atoms with Gasteiger partial charge in [-0.2, -0.15) is 0 Å². The van der Waals surface area contributed by atoms with Crippen LogP contribution in [0.15, 0.2) is 72.8 Å². The van der Waals surface area contributed by atoms with Crippen LogP contribution < -0.4 is 5.62 Å². The Morgan fingerprint density at radius 1 is 1.00 bits per heavy atom. The number of aromatic nitrogens is 2. The summed E-state index contributed by atoms with van der Waals surface area (Å²) in [5.41, 5.74) is 4.64. The quantitative estimate of drug-likeness (QED) is 0.378. The lowest BCUT2D eigenvalue weighted by atomic mass is 10.1. The molecule has 1 aromatic heterocycles. The van der Waals surface area contributed by atoms with Gasteiger partial charge in [0.25, 0.3) is 5.69 Å². The van der Waals surface area contributed by atoms with Gasteiger partial charge in [0.1, 0.15) is 0 Å². The fourth-order valence-electron chi connectivity index (χ4n) is 3.64. The van der Waals surface area contributed by atoms with Crippen LogP contribution in [-0.2, 0) is 13.1 Å². The van der Waals surface area contributed by atoms with Gasteiger partial charge in [0.15, 0.2) is 0 Å². The van der Waals surface area contributed by atoms with E-state index in [2.05, 4.69) is 0 Å². The molecule has 0 amide bonds. The lowest BCUT2D eigenvalue weighted by molar-refractivity contribution is -0.385. The van der Waals surface area contributed by atoms with E-state index in [1.807, 2.05) is 60.0 Å².